The number of carbonyl (C=O) groups is 1. The van der Waals surface area contributed by atoms with Crippen molar-refractivity contribution in [2.24, 2.45) is 10.5 Å². The van der Waals surface area contributed by atoms with Gasteiger partial charge in [-0.15, -0.1) is 0 Å². The lowest BCUT2D eigenvalue weighted by atomic mass is 9.49. The van der Waals surface area contributed by atoms with Gasteiger partial charge in [0, 0.05) is 20.0 Å². The highest BCUT2D eigenvalue weighted by molar-refractivity contribution is 6.35. The molecule has 0 bridgehead atoms. The molecule has 2 aliphatic rings. The van der Waals surface area contributed by atoms with Crippen LogP contribution in [0.5, 0.6) is 0 Å². The van der Waals surface area contributed by atoms with Crippen LogP contribution in [0, 0.1) is 15.5 Å². The van der Waals surface area contributed by atoms with Crippen LogP contribution in [-0.2, 0) is 4.79 Å². The van der Waals surface area contributed by atoms with E-state index >= 15 is 0 Å². The average Bonchev–Trinajstić information content (AvgIpc) is 3.13. The Hall–Kier alpha value is -2.97. The van der Waals surface area contributed by atoms with Crippen LogP contribution in [0.3, 0.4) is 0 Å². The number of carbonyl (C=O) groups excluding carboxylic acids is 1. The third-order valence-corrected chi connectivity index (χ3v) is 8.69. The molecular formula is C28H24Cl3N3O4. The lowest BCUT2D eigenvalue weighted by Crippen LogP contribution is -2.66. The Morgan fingerprint density at radius 2 is 1.66 bits per heavy atom. The van der Waals surface area contributed by atoms with E-state index in [0.29, 0.717) is 26.9 Å². The van der Waals surface area contributed by atoms with E-state index in [9.17, 15) is 20.0 Å². The molecule has 1 fully saturated rings. The van der Waals surface area contributed by atoms with Crippen molar-refractivity contribution in [1.82, 2.24) is 0 Å². The number of nitro groups is 1. The van der Waals surface area contributed by atoms with E-state index < -0.39 is 34.8 Å². The molecule has 1 spiro atoms. The highest BCUT2D eigenvalue weighted by Crippen LogP contribution is 2.61. The van der Waals surface area contributed by atoms with Crippen LogP contribution >= 0.6 is 34.8 Å². The number of hydrogen-bond donors (Lipinski definition) is 1. The molecule has 7 nitrogen and oxygen atoms in total. The zero-order valence-electron chi connectivity index (χ0n) is 20.5. The Kier molecular flexibility index (Phi) is 6.76. The predicted molar refractivity (Wildman–Crippen MR) is 149 cm³/mol. The maximum atomic E-state index is 14.5. The predicted octanol–water partition coefficient (Wildman–Crippen LogP) is 6.72. The first-order chi connectivity index (χ1) is 18.0. The number of para-hydroxylation sites is 1. The van der Waals surface area contributed by atoms with E-state index in [4.69, 9.17) is 34.8 Å². The lowest BCUT2D eigenvalue weighted by Gasteiger charge is -2.53. The van der Waals surface area contributed by atoms with Crippen molar-refractivity contribution < 1.29 is 14.8 Å². The summed E-state index contributed by atoms with van der Waals surface area (Å²) in [7, 11) is 0. The molecule has 5 atom stereocenters. The first kappa shape index (κ1) is 26.6. The summed E-state index contributed by atoms with van der Waals surface area (Å²) in [6.07, 6.45) is -0.0663. The largest absolute Gasteiger partial charge is 0.389 e. The Morgan fingerprint density at radius 1 is 1.03 bits per heavy atom. The fourth-order valence-electron chi connectivity index (χ4n) is 6.32. The summed E-state index contributed by atoms with van der Waals surface area (Å²) >= 11 is 19.0. The minimum Gasteiger partial charge on any atom is -0.389 e. The number of rotatable bonds is 4. The molecule has 10 heteroatoms. The van der Waals surface area contributed by atoms with Crippen LogP contribution in [-0.4, -0.2) is 33.3 Å². The molecule has 196 valence electrons. The number of hydrazone groups is 1. The van der Waals surface area contributed by atoms with Crippen molar-refractivity contribution in [2.45, 2.75) is 43.7 Å². The second-order valence-corrected chi connectivity index (χ2v) is 11.3. The van der Waals surface area contributed by atoms with Crippen molar-refractivity contribution in [3.05, 3.63) is 109 Å². The van der Waals surface area contributed by atoms with Crippen molar-refractivity contribution in [1.29, 1.82) is 0 Å². The van der Waals surface area contributed by atoms with Crippen LogP contribution in [0.2, 0.25) is 15.1 Å². The highest BCUT2D eigenvalue weighted by atomic mass is 35.5. The van der Waals surface area contributed by atoms with Gasteiger partial charge in [-0.25, -0.2) is 0 Å². The Labute approximate surface area is 234 Å². The molecule has 1 saturated carbocycles. The van der Waals surface area contributed by atoms with Crippen molar-refractivity contribution in [2.75, 3.05) is 5.01 Å². The molecular weight excluding hydrogens is 549 g/mol. The molecule has 3 aromatic carbocycles. The fraction of sp³-hybridized carbons (Fsp3) is 0.286. The maximum Gasteiger partial charge on any atom is 0.263 e. The number of amides is 1. The number of aliphatic hydroxyl groups is 1. The van der Waals surface area contributed by atoms with Crippen LogP contribution in [0.25, 0.3) is 0 Å². The molecule has 0 saturated heterocycles. The third kappa shape index (κ3) is 4.00. The molecule has 1 aliphatic heterocycles. The number of nitrogens with zero attached hydrogens (tertiary/aromatic N) is 3. The summed E-state index contributed by atoms with van der Waals surface area (Å²) < 4.78 is 0. The van der Waals surface area contributed by atoms with Gasteiger partial charge in [0.1, 0.15) is 5.41 Å². The summed E-state index contributed by atoms with van der Waals surface area (Å²) in [5, 5.41) is 32.0. The Morgan fingerprint density at radius 3 is 2.26 bits per heavy atom. The molecule has 1 amide bonds. The van der Waals surface area contributed by atoms with Gasteiger partial charge in [0.05, 0.1) is 28.8 Å². The SMILES string of the molecule is CC1=NN(c2ccccc2)C(=O)[C@@]12[C@H](c1ccc(Cl)cc1Cl)[C@@H]([N+](=O)[O-])[C@H](c1ccc(Cl)cc1)C[C@@]2(C)O. The normalized spacial score (nSPS) is 29.0. The zero-order chi connectivity index (χ0) is 27.4. The summed E-state index contributed by atoms with van der Waals surface area (Å²) in [6, 6.07) is 18.8. The number of hydrogen-bond acceptors (Lipinski definition) is 5. The third-order valence-electron chi connectivity index (χ3n) is 7.88. The minimum absolute atomic E-state index is 0.0663. The Balaban J connectivity index is 1.79. The zero-order valence-corrected chi connectivity index (χ0v) is 22.8. The number of anilines is 1. The quantitative estimate of drug-likeness (QED) is 0.277. The van der Waals surface area contributed by atoms with Crippen LogP contribution in [0.15, 0.2) is 77.9 Å². The number of halogens is 3. The second kappa shape index (κ2) is 9.65. The van der Waals surface area contributed by atoms with E-state index in [1.54, 1.807) is 74.5 Å². The first-order valence-electron chi connectivity index (χ1n) is 12.0. The smallest absolute Gasteiger partial charge is 0.263 e. The summed E-state index contributed by atoms with van der Waals surface area (Å²) in [4.78, 5) is 27.0. The van der Waals surface area contributed by atoms with E-state index in [0.717, 1.165) is 0 Å². The van der Waals surface area contributed by atoms with Crippen LogP contribution < -0.4 is 5.01 Å². The molecule has 0 radical (unpaired) electrons. The van der Waals surface area contributed by atoms with E-state index in [-0.39, 0.29) is 22.1 Å². The molecule has 1 aliphatic carbocycles. The topological polar surface area (TPSA) is 96.0 Å². The molecule has 5 rings (SSSR count). The average molecular weight is 573 g/mol. The number of benzene rings is 3. The van der Waals surface area contributed by atoms with E-state index in [1.165, 1.54) is 11.1 Å². The van der Waals surface area contributed by atoms with E-state index in [2.05, 4.69) is 5.10 Å². The fourth-order valence-corrected chi connectivity index (χ4v) is 6.97. The molecule has 3 aromatic rings. The highest BCUT2D eigenvalue weighted by Gasteiger charge is 2.73. The van der Waals surface area contributed by atoms with Crippen molar-refractivity contribution in [3.8, 4) is 0 Å². The molecule has 1 N–H and O–H groups in total. The van der Waals surface area contributed by atoms with Crippen LogP contribution in [0.4, 0.5) is 5.69 Å². The lowest BCUT2D eigenvalue weighted by molar-refractivity contribution is -0.539. The monoisotopic (exact) mass is 571 g/mol. The van der Waals surface area contributed by atoms with Gasteiger partial charge in [0.25, 0.3) is 5.91 Å². The second-order valence-electron chi connectivity index (χ2n) is 10.0. The molecule has 0 aromatic heterocycles. The summed E-state index contributed by atoms with van der Waals surface area (Å²) in [5.74, 6) is -2.48. The van der Waals surface area contributed by atoms with Crippen molar-refractivity contribution >= 4 is 52.1 Å². The summed E-state index contributed by atoms with van der Waals surface area (Å²) in [6.45, 7) is 3.18. The van der Waals surface area contributed by atoms with Gasteiger partial charge in [0.15, 0.2) is 0 Å². The van der Waals surface area contributed by atoms with E-state index in [1.807, 2.05) is 6.07 Å². The minimum atomic E-state index is -1.78. The molecule has 38 heavy (non-hydrogen) atoms. The Bertz CT molecular complexity index is 1450. The standard InChI is InChI=1S/C28H24Cl3N3O4/c1-16-28(26(35)33(32-16)20-6-4-3-5-7-20)24(21-13-12-19(30)14-23(21)31)25(34(37)38)22(15-27(28,2)36)17-8-10-18(29)11-9-17/h3-14,22,24-25,36H,15H2,1-2H3/t22-,24+,25-,27+,28-/m0/s1. The van der Waals surface area contributed by atoms with Gasteiger partial charge in [-0.2, -0.15) is 10.1 Å². The van der Waals surface area contributed by atoms with Crippen LogP contribution in [0.1, 0.15) is 43.2 Å². The van der Waals surface area contributed by atoms with Gasteiger partial charge >= 0.3 is 0 Å². The van der Waals surface area contributed by atoms with Gasteiger partial charge in [-0.1, -0.05) is 71.2 Å². The first-order valence-corrected chi connectivity index (χ1v) is 13.1. The van der Waals surface area contributed by atoms with Gasteiger partial charge < -0.3 is 5.11 Å². The maximum absolute atomic E-state index is 14.5. The van der Waals surface area contributed by atoms with Gasteiger partial charge in [-0.3, -0.25) is 14.9 Å². The molecule has 0 unspecified atom stereocenters. The summed E-state index contributed by atoms with van der Waals surface area (Å²) in [5.41, 5.74) is -1.79. The van der Waals surface area contributed by atoms with Crippen molar-refractivity contribution in [3.63, 3.8) is 0 Å². The van der Waals surface area contributed by atoms with Gasteiger partial charge in [0.2, 0.25) is 6.04 Å². The van der Waals surface area contributed by atoms with Gasteiger partial charge in [-0.05, 0) is 67.8 Å². The molecule has 1 heterocycles.